The van der Waals surface area contributed by atoms with Crippen molar-refractivity contribution in [1.82, 2.24) is 4.90 Å². The van der Waals surface area contributed by atoms with Crippen LogP contribution in [0.25, 0.3) is 0 Å². The number of nitrogens with zero attached hydrogens (tertiary/aromatic N) is 1. The third-order valence-corrected chi connectivity index (χ3v) is 3.56. The monoisotopic (exact) mass is 295 g/mol. The highest BCUT2D eigenvalue weighted by Gasteiger charge is 2.28. The summed E-state index contributed by atoms with van der Waals surface area (Å²) in [7, 11) is 1.34. The Morgan fingerprint density at radius 2 is 2.33 bits per heavy atom. The van der Waals surface area contributed by atoms with Crippen molar-refractivity contribution in [3.63, 3.8) is 0 Å². The number of ether oxygens (including phenoxy) is 2. The van der Waals surface area contributed by atoms with Gasteiger partial charge in [0.05, 0.1) is 25.4 Å². The van der Waals surface area contributed by atoms with Gasteiger partial charge in [0.25, 0.3) is 5.91 Å². The van der Waals surface area contributed by atoms with E-state index in [0.29, 0.717) is 6.54 Å². The van der Waals surface area contributed by atoms with Gasteiger partial charge in [-0.3, -0.25) is 9.59 Å². The maximum absolute atomic E-state index is 12.5. The van der Waals surface area contributed by atoms with Gasteiger partial charge in [0.1, 0.15) is 0 Å². The summed E-state index contributed by atoms with van der Waals surface area (Å²) in [4.78, 5) is 25.7. The molecule has 2 rings (SSSR count). The van der Waals surface area contributed by atoms with E-state index in [4.69, 9.17) is 13.9 Å². The lowest BCUT2D eigenvalue weighted by Crippen LogP contribution is -2.41. The second-order valence-corrected chi connectivity index (χ2v) is 5.25. The van der Waals surface area contributed by atoms with Gasteiger partial charge in [-0.2, -0.15) is 0 Å². The van der Waals surface area contributed by atoms with E-state index in [-0.39, 0.29) is 30.3 Å². The highest BCUT2D eigenvalue weighted by molar-refractivity contribution is 5.91. The molecule has 0 saturated carbocycles. The predicted octanol–water partition coefficient (Wildman–Crippen LogP) is 1.71. The molecule has 2 unspecified atom stereocenters. The van der Waals surface area contributed by atoms with Gasteiger partial charge in [-0.05, 0) is 25.0 Å². The molecule has 1 aromatic heterocycles. The molecular formula is C15H21NO5. The van der Waals surface area contributed by atoms with Crippen molar-refractivity contribution < 1.29 is 23.5 Å². The Hall–Kier alpha value is -1.82. The predicted molar refractivity (Wildman–Crippen MR) is 74.8 cm³/mol. The fourth-order valence-electron chi connectivity index (χ4n) is 2.44. The van der Waals surface area contributed by atoms with Crippen molar-refractivity contribution in [2.75, 3.05) is 26.8 Å². The normalized spacial score (nSPS) is 19.2. The largest absolute Gasteiger partial charge is 0.469 e. The molecule has 2 heterocycles. The van der Waals surface area contributed by atoms with Crippen LogP contribution in [0.4, 0.5) is 0 Å². The average Bonchev–Trinajstić information content (AvgIpc) is 3.17. The lowest BCUT2D eigenvalue weighted by Gasteiger charge is -2.26. The Bertz CT molecular complexity index is 464. The first kappa shape index (κ1) is 15.6. The van der Waals surface area contributed by atoms with Crippen LogP contribution in [0.2, 0.25) is 0 Å². The van der Waals surface area contributed by atoms with Crippen LogP contribution >= 0.6 is 0 Å². The van der Waals surface area contributed by atoms with E-state index in [1.165, 1.54) is 13.4 Å². The third kappa shape index (κ3) is 4.07. The standard InChI is InChI=1S/C15H21NO5/c1-11(15(18)19-2)9-16(10-12-5-3-7-20-12)14(17)13-6-4-8-21-13/h4,6,8,11-12H,3,5,7,9-10H2,1-2H3. The molecule has 1 aromatic rings. The van der Waals surface area contributed by atoms with Crippen LogP contribution in [-0.2, 0) is 14.3 Å². The molecule has 2 atom stereocenters. The van der Waals surface area contributed by atoms with E-state index in [0.717, 1.165) is 19.4 Å². The number of carbonyl (C=O) groups excluding carboxylic acids is 2. The number of rotatable bonds is 6. The summed E-state index contributed by atoms with van der Waals surface area (Å²) in [6.45, 7) is 3.21. The fourth-order valence-corrected chi connectivity index (χ4v) is 2.44. The SMILES string of the molecule is COC(=O)C(C)CN(CC1CCCO1)C(=O)c1ccco1. The van der Waals surface area contributed by atoms with Gasteiger partial charge >= 0.3 is 5.97 Å². The first-order chi connectivity index (χ1) is 10.1. The van der Waals surface area contributed by atoms with Crippen LogP contribution in [0.1, 0.15) is 30.3 Å². The van der Waals surface area contributed by atoms with E-state index in [1.807, 2.05) is 0 Å². The number of furan rings is 1. The molecule has 0 N–H and O–H groups in total. The molecule has 116 valence electrons. The molecular weight excluding hydrogens is 274 g/mol. The van der Waals surface area contributed by atoms with Crippen molar-refractivity contribution in [3.8, 4) is 0 Å². The summed E-state index contributed by atoms with van der Waals surface area (Å²) in [5.41, 5.74) is 0. The summed E-state index contributed by atoms with van der Waals surface area (Å²) in [5, 5.41) is 0. The maximum Gasteiger partial charge on any atom is 0.310 e. The zero-order chi connectivity index (χ0) is 15.2. The molecule has 21 heavy (non-hydrogen) atoms. The quantitative estimate of drug-likeness (QED) is 0.747. The zero-order valence-corrected chi connectivity index (χ0v) is 12.4. The Kier molecular flexibility index (Phi) is 5.38. The molecule has 0 aliphatic carbocycles. The van der Waals surface area contributed by atoms with Crippen LogP contribution in [0.5, 0.6) is 0 Å². The first-order valence-electron chi connectivity index (χ1n) is 7.14. The second-order valence-electron chi connectivity index (χ2n) is 5.25. The summed E-state index contributed by atoms with van der Waals surface area (Å²) >= 11 is 0. The minimum atomic E-state index is -0.393. The number of carbonyl (C=O) groups is 2. The van der Waals surface area contributed by atoms with Crippen molar-refractivity contribution in [3.05, 3.63) is 24.2 Å². The Balaban J connectivity index is 2.05. The number of hydrogen-bond donors (Lipinski definition) is 0. The van der Waals surface area contributed by atoms with Crippen LogP contribution in [-0.4, -0.2) is 49.7 Å². The molecule has 1 aliphatic heterocycles. The fraction of sp³-hybridized carbons (Fsp3) is 0.600. The lowest BCUT2D eigenvalue weighted by atomic mass is 10.1. The van der Waals surface area contributed by atoms with Crippen molar-refractivity contribution >= 4 is 11.9 Å². The maximum atomic E-state index is 12.5. The Morgan fingerprint density at radius 1 is 1.52 bits per heavy atom. The highest BCUT2D eigenvalue weighted by Crippen LogP contribution is 2.17. The number of esters is 1. The Morgan fingerprint density at radius 3 is 2.90 bits per heavy atom. The second kappa shape index (κ2) is 7.26. The van der Waals surface area contributed by atoms with Crippen LogP contribution < -0.4 is 0 Å². The third-order valence-electron chi connectivity index (χ3n) is 3.56. The molecule has 0 spiro atoms. The van der Waals surface area contributed by atoms with Crippen LogP contribution in [0.15, 0.2) is 22.8 Å². The summed E-state index contributed by atoms with van der Waals surface area (Å²) in [6, 6.07) is 3.29. The van der Waals surface area contributed by atoms with E-state index in [9.17, 15) is 9.59 Å². The molecule has 1 aliphatic rings. The zero-order valence-electron chi connectivity index (χ0n) is 12.4. The van der Waals surface area contributed by atoms with Gasteiger partial charge < -0.3 is 18.8 Å². The van der Waals surface area contributed by atoms with Gasteiger partial charge in [0, 0.05) is 19.7 Å². The van der Waals surface area contributed by atoms with Gasteiger partial charge in [0.2, 0.25) is 0 Å². The van der Waals surface area contributed by atoms with E-state index >= 15 is 0 Å². The highest BCUT2D eigenvalue weighted by atomic mass is 16.5. The van der Waals surface area contributed by atoms with Crippen molar-refractivity contribution in [2.45, 2.75) is 25.9 Å². The molecule has 1 fully saturated rings. The summed E-state index contributed by atoms with van der Waals surface area (Å²) in [6.07, 6.45) is 3.41. The van der Waals surface area contributed by atoms with Gasteiger partial charge in [0.15, 0.2) is 5.76 Å². The minimum Gasteiger partial charge on any atom is -0.469 e. The van der Waals surface area contributed by atoms with Crippen LogP contribution in [0.3, 0.4) is 0 Å². The molecule has 0 bridgehead atoms. The molecule has 1 saturated heterocycles. The number of methoxy groups -OCH3 is 1. The topological polar surface area (TPSA) is 69.0 Å². The molecule has 6 nitrogen and oxygen atoms in total. The van der Waals surface area contributed by atoms with Gasteiger partial charge in [-0.15, -0.1) is 0 Å². The van der Waals surface area contributed by atoms with Crippen LogP contribution in [0, 0.1) is 5.92 Å². The van der Waals surface area contributed by atoms with E-state index < -0.39 is 5.92 Å². The van der Waals surface area contributed by atoms with E-state index in [1.54, 1.807) is 24.0 Å². The lowest BCUT2D eigenvalue weighted by molar-refractivity contribution is -0.145. The number of hydrogen-bond acceptors (Lipinski definition) is 5. The van der Waals surface area contributed by atoms with Gasteiger partial charge in [-0.25, -0.2) is 0 Å². The minimum absolute atomic E-state index is 0.0220. The van der Waals surface area contributed by atoms with E-state index in [2.05, 4.69) is 0 Å². The number of amides is 1. The first-order valence-corrected chi connectivity index (χ1v) is 7.14. The molecule has 1 amide bonds. The molecule has 6 heteroatoms. The van der Waals surface area contributed by atoms with Crippen molar-refractivity contribution in [2.24, 2.45) is 5.92 Å². The van der Waals surface area contributed by atoms with Gasteiger partial charge in [-0.1, -0.05) is 6.92 Å². The van der Waals surface area contributed by atoms with Crippen molar-refractivity contribution in [1.29, 1.82) is 0 Å². The summed E-state index contributed by atoms with van der Waals surface area (Å²) < 4.78 is 15.5. The smallest absolute Gasteiger partial charge is 0.310 e. The Labute approximate surface area is 124 Å². The molecule has 0 radical (unpaired) electrons. The molecule has 0 aromatic carbocycles. The summed E-state index contributed by atoms with van der Waals surface area (Å²) in [5.74, 6) is -0.689. The average molecular weight is 295 g/mol.